The third-order valence-electron chi connectivity index (χ3n) is 6.91. The first-order chi connectivity index (χ1) is 14.5. The summed E-state index contributed by atoms with van der Waals surface area (Å²) in [5.41, 5.74) is 1.60. The number of hydrogen-bond acceptors (Lipinski definition) is 6. The molecule has 0 aliphatic carbocycles. The fraction of sp³-hybridized carbons (Fsp3) is 0.739. The van der Waals surface area contributed by atoms with Gasteiger partial charge >= 0.3 is 0 Å². The number of β-amino-alcohol motifs (C(OH)–C–C–N with tert-alkyl or cyclic N) is 1. The lowest BCUT2D eigenvalue weighted by atomic mass is 9.90. The number of piperidine rings is 1. The number of aliphatic hydroxyl groups is 1. The Kier molecular flexibility index (Phi) is 7.03. The topological polar surface area (TPSA) is 69.1 Å². The lowest BCUT2D eigenvalue weighted by Crippen LogP contribution is -2.58. The van der Waals surface area contributed by atoms with E-state index in [2.05, 4.69) is 27.8 Å². The highest BCUT2D eigenvalue weighted by Crippen LogP contribution is 2.26. The van der Waals surface area contributed by atoms with Gasteiger partial charge in [-0.05, 0) is 44.2 Å². The lowest BCUT2D eigenvalue weighted by molar-refractivity contribution is -0.146. The molecule has 3 aliphatic heterocycles. The molecule has 0 radical (unpaired) electrons. The van der Waals surface area contributed by atoms with Gasteiger partial charge in [0.05, 0.1) is 17.8 Å². The molecule has 0 spiro atoms. The Morgan fingerprint density at radius 3 is 2.67 bits per heavy atom. The molecule has 1 aromatic heterocycles. The molecule has 3 aliphatic rings. The van der Waals surface area contributed by atoms with Crippen molar-refractivity contribution < 1.29 is 14.6 Å². The van der Waals surface area contributed by atoms with Crippen molar-refractivity contribution in [2.24, 2.45) is 5.92 Å². The quantitative estimate of drug-likeness (QED) is 0.780. The van der Waals surface area contributed by atoms with E-state index in [0.717, 1.165) is 70.6 Å². The number of hydrogen-bond donors (Lipinski definition) is 1. The van der Waals surface area contributed by atoms with Crippen LogP contribution in [0.2, 0.25) is 0 Å². The van der Waals surface area contributed by atoms with Crippen LogP contribution in [0.15, 0.2) is 18.3 Å². The molecule has 30 heavy (non-hydrogen) atoms. The van der Waals surface area contributed by atoms with Gasteiger partial charge in [0.2, 0.25) is 5.91 Å². The minimum atomic E-state index is -0.793. The van der Waals surface area contributed by atoms with Crippen molar-refractivity contribution in [3.63, 3.8) is 0 Å². The van der Waals surface area contributed by atoms with E-state index in [1.165, 1.54) is 5.56 Å². The Morgan fingerprint density at radius 2 is 1.93 bits per heavy atom. The third-order valence-corrected chi connectivity index (χ3v) is 6.91. The third kappa shape index (κ3) is 5.38. The average molecular weight is 417 g/mol. The zero-order valence-electron chi connectivity index (χ0n) is 18.3. The van der Waals surface area contributed by atoms with E-state index in [9.17, 15) is 9.90 Å². The molecule has 1 unspecified atom stereocenters. The number of carbonyl (C=O) groups is 1. The van der Waals surface area contributed by atoms with Gasteiger partial charge < -0.3 is 14.7 Å². The van der Waals surface area contributed by atoms with Crippen LogP contribution < -0.4 is 0 Å². The minimum Gasteiger partial charge on any atom is -0.387 e. The molecule has 7 nitrogen and oxygen atoms in total. The molecular weight excluding hydrogens is 380 g/mol. The Hall–Kier alpha value is -1.54. The highest BCUT2D eigenvalue weighted by atomic mass is 16.5. The van der Waals surface area contributed by atoms with Crippen molar-refractivity contribution in [1.82, 2.24) is 19.7 Å². The first-order valence-corrected chi connectivity index (χ1v) is 11.5. The van der Waals surface area contributed by atoms with Crippen molar-refractivity contribution in [1.29, 1.82) is 0 Å². The summed E-state index contributed by atoms with van der Waals surface area (Å²) >= 11 is 0. The van der Waals surface area contributed by atoms with Crippen LogP contribution in [0.3, 0.4) is 0 Å². The van der Waals surface area contributed by atoms with Gasteiger partial charge in [0.1, 0.15) is 0 Å². The van der Waals surface area contributed by atoms with Gasteiger partial charge in [0, 0.05) is 71.1 Å². The maximum Gasteiger partial charge on any atom is 0.225 e. The van der Waals surface area contributed by atoms with Crippen LogP contribution in [0, 0.1) is 12.8 Å². The summed E-state index contributed by atoms with van der Waals surface area (Å²) in [6, 6.07) is 4.10. The molecule has 3 saturated heterocycles. The molecule has 1 aromatic rings. The first kappa shape index (κ1) is 21.7. The van der Waals surface area contributed by atoms with E-state index in [1.54, 1.807) is 0 Å². The Labute approximate surface area is 180 Å². The van der Waals surface area contributed by atoms with Gasteiger partial charge in [0.15, 0.2) is 0 Å². The van der Waals surface area contributed by atoms with Crippen LogP contribution >= 0.6 is 0 Å². The predicted octanol–water partition coefficient (Wildman–Crippen LogP) is 1.29. The Balaban J connectivity index is 1.26. The second-order valence-electron chi connectivity index (χ2n) is 9.29. The fourth-order valence-electron chi connectivity index (χ4n) is 5.05. The summed E-state index contributed by atoms with van der Waals surface area (Å²) in [5, 5.41) is 11.3. The SMILES string of the molecule is Cc1cccnc1CN1CCN(CC2(O)CCCN(C(=O)C3CCOCC3)C2)CC1. The standard InChI is InChI=1S/C23H36N4O3/c1-19-4-2-8-24-21(19)16-25-10-12-26(13-11-25)17-23(29)7-3-9-27(18-23)22(28)20-5-14-30-15-6-20/h2,4,8,20,29H,3,5-7,9-18H2,1H3. The summed E-state index contributed by atoms with van der Waals surface area (Å²) in [6.07, 6.45) is 5.14. The zero-order chi connectivity index (χ0) is 21.0. The Morgan fingerprint density at radius 1 is 1.20 bits per heavy atom. The number of piperazine rings is 1. The smallest absolute Gasteiger partial charge is 0.225 e. The van der Waals surface area contributed by atoms with E-state index in [1.807, 2.05) is 17.2 Å². The van der Waals surface area contributed by atoms with Crippen LogP contribution in [0.25, 0.3) is 0 Å². The fourth-order valence-corrected chi connectivity index (χ4v) is 5.05. The van der Waals surface area contributed by atoms with E-state index < -0.39 is 5.60 Å². The minimum absolute atomic E-state index is 0.0692. The summed E-state index contributed by atoms with van der Waals surface area (Å²) in [5.74, 6) is 0.284. The van der Waals surface area contributed by atoms with Crippen molar-refractivity contribution in [3.8, 4) is 0 Å². The van der Waals surface area contributed by atoms with Crippen LogP contribution in [0.5, 0.6) is 0 Å². The number of carbonyl (C=O) groups excluding carboxylic acids is 1. The number of nitrogens with zero attached hydrogens (tertiary/aromatic N) is 4. The van der Waals surface area contributed by atoms with E-state index in [4.69, 9.17) is 4.74 Å². The van der Waals surface area contributed by atoms with E-state index >= 15 is 0 Å². The average Bonchev–Trinajstić information content (AvgIpc) is 2.76. The summed E-state index contributed by atoms with van der Waals surface area (Å²) in [7, 11) is 0. The van der Waals surface area contributed by atoms with Gasteiger partial charge in [-0.2, -0.15) is 0 Å². The zero-order valence-corrected chi connectivity index (χ0v) is 18.3. The van der Waals surface area contributed by atoms with Crippen LogP contribution in [0.4, 0.5) is 0 Å². The van der Waals surface area contributed by atoms with Gasteiger partial charge in [-0.25, -0.2) is 0 Å². The van der Waals surface area contributed by atoms with Gasteiger partial charge in [0.25, 0.3) is 0 Å². The number of rotatable bonds is 5. The molecule has 0 bridgehead atoms. The number of pyridine rings is 1. The summed E-state index contributed by atoms with van der Waals surface area (Å²) in [4.78, 5) is 24.2. The molecular formula is C23H36N4O3. The number of ether oxygens (including phenoxy) is 1. The maximum atomic E-state index is 12.9. The van der Waals surface area contributed by atoms with Crippen molar-refractivity contribution in [2.45, 2.75) is 44.8 Å². The monoisotopic (exact) mass is 416 g/mol. The van der Waals surface area contributed by atoms with E-state index in [0.29, 0.717) is 26.3 Å². The second kappa shape index (κ2) is 9.73. The van der Waals surface area contributed by atoms with Crippen LogP contribution in [-0.4, -0.2) is 95.3 Å². The van der Waals surface area contributed by atoms with E-state index in [-0.39, 0.29) is 11.8 Å². The molecule has 1 N–H and O–H groups in total. The number of aryl methyl sites for hydroxylation is 1. The van der Waals surface area contributed by atoms with Gasteiger partial charge in [-0.1, -0.05) is 6.07 Å². The first-order valence-electron chi connectivity index (χ1n) is 11.5. The second-order valence-corrected chi connectivity index (χ2v) is 9.29. The van der Waals surface area contributed by atoms with Gasteiger partial charge in [-0.3, -0.25) is 19.6 Å². The van der Waals surface area contributed by atoms with Crippen LogP contribution in [-0.2, 0) is 16.1 Å². The maximum absolute atomic E-state index is 12.9. The molecule has 0 aromatic carbocycles. The molecule has 0 saturated carbocycles. The highest BCUT2D eigenvalue weighted by molar-refractivity contribution is 5.79. The van der Waals surface area contributed by atoms with Crippen LogP contribution in [0.1, 0.15) is 36.9 Å². The molecule has 4 rings (SSSR count). The molecule has 3 fully saturated rings. The number of amides is 1. The molecule has 166 valence electrons. The van der Waals surface area contributed by atoms with Crippen molar-refractivity contribution in [3.05, 3.63) is 29.6 Å². The largest absolute Gasteiger partial charge is 0.387 e. The van der Waals surface area contributed by atoms with Crippen molar-refractivity contribution in [2.75, 3.05) is 59.0 Å². The van der Waals surface area contributed by atoms with Crippen molar-refractivity contribution >= 4 is 5.91 Å². The predicted molar refractivity (Wildman–Crippen MR) is 115 cm³/mol. The number of likely N-dealkylation sites (tertiary alicyclic amines) is 1. The normalized spacial score (nSPS) is 27.3. The van der Waals surface area contributed by atoms with Gasteiger partial charge in [-0.15, -0.1) is 0 Å². The Bertz CT molecular complexity index is 716. The number of aromatic nitrogens is 1. The highest BCUT2D eigenvalue weighted by Gasteiger charge is 2.39. The molecule has 1 amide bonds. The lowest BCUT2D eigenvalue weighted by Gasteiger charge is -2.44. The molecule has 4 heterocycles. The molecule has 1 atom stereocenters. The summed E-state index contributed by atoms with van der Waals surface area (Å²) in [6.45, 7) is 10.1. The summed E-state index contributed by atoms with van der Waals surface area (Å²) < 4.78 is 5.40. The molecule has 7 heteroatoms.